The molecular formula is C20H33IN4O2. The van der Waals surface area contributed by atoms with Crippen LogP contribution in [0.25, 0.3) is 0 Å². The number of rotatable bonds is 7. The van der Waals surface area contributed by atoms with Crippen LogP contribution in [-0.4, -0.2) is 56.9 Å². The number of nitrogens with zero attached hydrogens (tertiary/aromatic N) is 2. The lowest BCUT2D eigenvalue weighted by molar-refractivity contribution is 0.174. The number of benzene rings is 1. The van der Waals surface area contributed by atoms with Gasteiger partial charge < -0.3 is 20.1 Å². The van der Waals surface area contributed by atoms with E-state index >= 15 is 0 Å². The third-order valence-electron chi connectivity index (χ3n) is 4.97. The summed E-state index contributed by atoms with van der Waals surface area (Å²) >= 11 is 0. The lowest BCUT2D eigenvalue weighted by atomic mass is 10.1. The van der Waals surface area contributed by atoms with Gasteiger partial charge in [0.1, 0.15) is 0 Å². The Labute approximate surface area is 180 Å². The molecule has 2 aliphatic rings. The van der Waals surface area contributed by atoms with Gasteiger partial charge in [-0.05, 0) is 49.4 Å². The van der Waals surface area contributed by atoms with Gasteiger partial charge in [0, 0.05) is 32.7 Å². The lowest BCUT2D eigenvalue weighted by Crippen LogP contribution is -2.46. The van der Waals surface area contributed by atoms with Gasteiger partial charge in [-0.2, -0.15) is 0 Å². The zero-order chi connectivity index (χ0) is 18.4. The molecule has 1 aromatic carbocycles. The second-order valence-electron chi connectivity index (χ2n) is 7.50. The van der Waals surface area contributed by atoms with E-state index in [1.54, 1.807) is 0 Å². The van der Waals surface area contributed by atoms with Gasteiger partial charge in [0.25, 0.3) is 0 Å². The molecule has 152 valence electrons. The smallest absolute Gasteiger partial charge is 0.231 e. The molecule has 0 amide bonds. The van der Waals surface area contributed by atoms with Gasteiger partial charge in [-0.3, -0.25) is 9.89 Å². The van der Waals surface area contributed by atoms with Gasteiger partial charge in [0.2, 0.25) is 6.79 Å². The van der Waals surface area contributed by atoms with Crippen molar-refractivity contribution in [1.29, 1.82) is 0 Å². The number of guanidine groups is 1. The van der Waals surface area contributed by atoms with E-state index < -0.39 is 0 Å². The molecule has 0 unspecified atom stereocenters. The Morgan fingerprint density at radius 3 is 2.85 bits per heavy atom. The number of hydrogen-bond donors (Lipinski definition) is 2. The maximum absolute atomic E-state index is 5.44. The summed E-state index contributed by atoms with van der Waals surface area (Å²) in [5.41, 5.74) is 1.23. The summed E-state index contributed by atoms with van der Waals surface area (Å²) in [5.74, 6) is 3.27. The summed E-state index contributed by atoms with van der Waals surface area (Å²) < 4.78 is 10.8. The quantitative estimate of drug-likeness (QED) is 0.351. The van der Waals surface area contributed by atoms with Crippen LogP contribution >= 0.6 is 24.0 Å². The van der Waals surface area contributed by atoms with Gasteiger partial charge in [0.15, 0.2) is 17.5 Å². The number of ether oxygens (including phenoxy) is 2. The number of likely N-dealkylation sites (tertiary alicyclic amines) is 1. The molecule has 1 saturated heterocycles. The average molecular weight is 488 g/mol. The molecule has 27 heavy (non-hydrogen) atoms. The van der Waals surface area contributed by atoms with E-state index in [1.165, 1.54) is 31.5 Å². The normalized spacial score (nSPS) is 19.3. The number of fused-ring (bicyclic) bond motifs is 1. The number of halogens is 1. The highest BCUT2D eigenvalue weighted by atomic mass is 127. The first-order chi connectivity index (χ1) is 12.7. The Hall–Kier alpha value is -1.22. The van der Waals surface area contributed by atoms with Gasteiger partial charge in [0.05, 0.1) is 0 Å². The minimum Gasteiger partial charge on any atom is -0.454 e. The molecule has 1 atom stereocenters. The van der Waals surface area contributed by atoms with E-state index in [2.05, 4.69) is 46.5 Å². The minimum absolute atomic E-state index is 0. The van der Waals surface area contributed by atoms with Gasteiger partial charge in [-0.15, -0.1) is 24.0 Å². The predicted molar refractivity (Wildman–Crippen MR) is 120 cm³/mol. The zero-order valence-corrected chi connectivity index (χ0v) is 19.0. The van der Waals surface area contributed by atoms with Crippen molar-refractivity contribution in [1.82, 2.24) is 15.5 Å². The second-order valence-corrected chi connectivity index (χ2v) is 7.50. The van der Waals surface area contributed by atoms with Crippen molar-refractivity contribution >= 4 is 29.9 Å². The predicted octanol–water partition coefficient (Wildman–Crippen LogP) is 2.86. The summed E-state index contributed by atoms with van der Waals surface area (Å²) in [7, 11) is 1.83. The Kier molecular flexibility index (Phi) is 8.95. The topological polar surface area (TPSA) is 58.1 Å². The van der Waals surface area contributed by atoms with Crippen LogP contribution in [0.3, 0.4) is 0 Å². The van der Waals surface area contributed by atoms with Crippen LogP contribution in [0.4, 0.5) is 0 Å². The van der Waals surface area contributed by atoms with Gasteiger partial charge >= 0.3 is 0 Å². The zero-order valence-electron chi connectivity index (χ0n) is 16.7. The third kappa shape index (κ3) is 6.41. The highest BCUT2D eigenvalue weighted by Gasteiger charge is 2.24. The second kappa shape index (κ2) is 10.9. The van der Waals surface area contributed by atoms with Crippen LogP contribution < -0.4 is 20.1 Å². The average Bonchev–Trinajstić information content (AvgIpc) is 3.26. The van der Waals surface area contributed by atoms with E-state index in [1.807, 2.05) is 13.1 Å². The Bertz CT molecular complexity index is 624. The van der Waals surface area contributed by atoms with Crippen LogP contribution in [-0.2, 0) is 6.42 Å². The van der Waals surface area contributed by atoms with E-state index in [4.69, 9.17) is 9.47 Å². The Balaban J connectivity index is 0.00000261. The molecule has 2 N–H and O–H groups in total. The Morgan fingerprint density at radius 1 is 1.26 bits per heavy atom. The maximum Gasteiger partial charge on any atom is 0.231 e. The van der Waals surface area contributed by atoms with Gasteiger partial charge in [-0.25, -0.2) is 0 Å². The van der Waals surface area contributed by atoms with Crippen LogP contribution in [0, 0.1) is 5.92 Å². The molecule has 0 radical (unpaired) electrons. The fourth-order valence-corrected chi connectivity index (χ4v) is 3.69. The van der Waals surface area contributed by atoms with E-state index in [9.17, 15) is 0 Å². The van der Waals surface area contributed by atoms with Crippen molar-refractivity contribution in [2.24, 2.45) is 10.9 Å². The third-order valence-corrected chi connectivity index (χ3v) is 4.97. The standard InChI is InChI=1S/C20H32N4O2.HI/c1-15(2)13-24-10-4-5-17(24)12-23-20(21-3)22-9-8-16-6-7-18-19(11-16)26-14-25-18;/h6-7,11,15,17H,4-5,8-10,12-14H2,1-3H3,(H2,21,22,23);1H/t17-;/m1./s1. The van der Waals surface area contributed by atoms with Crippen molar-refractivity contribution in [3.63, 3.8) is 0 Å². The number of nitrogens with one attached hydrogen (secondary N) is 2. The van der Waals surface area contributed by atoms with Crippen molar-refractivity contribution in [2.75, 3.05) is 40.0 Å². The monoisotopic (exact) mass is 488 g/mol. The molecule has 0 spiro atoms. The van der Waals surface area contributed by atoms with Crippen LogP contribution in [0.15, 0.2) is 23.2 Å². The number of aliphatic imine (C=N–C) groups is 1. The molecule has 0 aromatic heterocycles. The van der Waals surface area contributed by atoms with Crippen LogP contribution in [0.2, 0.25) is 0 Å². The summed E-state index contributed by atoms with van der Waals surface area (Å²) in [6, 6.07) is 6.74. The molecule has 0 saturated carbocycles. The van der Waals surface area contributed by atoms with Crippen molar-refractivity contribution < 1.29 is 9.47 Å². The van der Waals surface area contributed by atoms with Crippen molar-refractivity contribution in [2.45, 2.75) is 39.2 Å². The molecule has 0 aliphatic carbocycles. The van der Waals surface area contributed by atoms with Crippen LogP contribution in [0.5, 0.6) is 11.5 Å². The van der Waals surface area contributed by atoms with E-state index in [-0.39, 0.29) is 24.0 Å². The first-order valence-corrected chi connectivity index (χ1v) is 9.73. The van der Waals surface area contributed by atoms with E-state index in [0.717, 1.165) is 42.9 Å². The number of hydrogen-bond acceptors (Lipinski definition) is 4. The van der Waals surface area contributed by atoms with Crippen molar-refractivity contribution in [3.05, 3.63) is 23.8 Å². The maximum atomic E-state index is 5.44. The molecule has 0 bridgehead atoms. The van der Waals surface area contributed by atoms with E-state index in [0.29, 0.717) is 12.8 Å². The highest BCUT2D eigenvalue weighted by molar-refractivity contribution is 14.0. The molecule has 3 rings (SSSR count). The first-order valence-electron chi connectivity index (χ1n) is 9.73. The fraction of sp³-hybridized carbons (Fsp3) is 0.650. The molecule has 1 fully saturated rings. The van der Waals surface area contributed by atoms with Crippen LogP contribution in [0.1, 0.15) is 32.3 Å². The Morgan fingerprint density at radius 2 is 2.07 bits per heavy atom. The van der Waals surface area contributed by atoms with Gasteiger partial charge in [-0.1, -0.05) is 19.9 Å². The fourth-order valence-electron chi connectivity index (χ4n) is 3.69. The van der Waals surface area contributed by atoms with Crippen molar-refractivity contribution in [3.8, 4) is 11.5 Å². The largest absolute Gasteiger partial charge is 0.454 e. The first kappa shape index (κ1) is 22.1. The molecular weight excluding hydrogens is 455 g/mol. The highest BCUT2D eigenvalue weighted by Crippen LogP contribution is 2.32. The molecule has 7 heteroatoms. The molecule has 2 heterocycles. The summed E-state index contributed by atoms with van der Waals surface area (Å²) in [5, 5.41) is 6.91. The molecule has 2 aliphatic heterocycles. The molecule has 6 nitrogen and oxygen atoms in total. The SMILES string of the molecule is CN=C(NCCc1ccc2c(c1)OCO2)NC[C@H]1CCCN1CC(C)C.I. The summed E-state index contributed by atoms with van der Waals surface area (Å²) in [6.45, 7) is 9.10. The minimum atomic E-state index is 0. The lowest BCUT2D eigenvalue weighted by Gasteiger charge is -2.27. The summed E-state index contributed by atoms with van der Waals surface area (Å²) in [6.07, 6.45) is 3.49. The summed E-state index contributed by atoms with van der Waals surface area (Å²) in [4.78, 5) is 6.96. The molecule has 1 aromatic rings.